The Morgan fingerprint density at radius 3 is 2.89 bits per heavy atom. The summed E-state index contributed by atoms with van der Waals surface area (Å²) in [5, 5.41) is 14.1. The molecule has 2 heterocycles. The minimum atomic E-state index is 0.251. The van der Waals surface area contributed by atoms with Crippen molar-refractivity contribution in [2.24, 2.45) is 0 Å². The number of nitrogens with zero attached hydrogens (tertiary/aromatic N) is 4. The summed E-state index contributed by atoms with van der Waals surface area (Å²) in [7, 11) is 0. The number of rotatable bonds is 2. The van der Waals surface area contributed by atoms with E-state index in [0.717, 1.165) is 11.1 Å². The van der Waals surface area contributed by atoms with E-state index in [9.17, 15) is 0 Å². The van der Waals surface area contributed by atoms with Gasteiger partial charge < -0.3 is 0 Å². The molecule has 1 aromatic carbocycles. The summed E-state index contributed by atoms with van der Waals surface area (Å²) < 4.78 is 1.67. The molecule has 19 heavy (non-hydrogen) atoms. The van der Waals surface area contributed by atoms with Crippen molar-refractivity contribution in [1.82, 2.24) is 14.6 Å². The van der Waals surface area contributed by atoms with E-state index in [0.29, 0.717) is 16.4 Å². The molecule has 5 heteroatoms. The van der Waals surface area contributed by atoms with Gasteiger partial charge in [0, 0.05) is 23.5 Å². The molecular formula is C14H9ClN4. The fourth-order valence-electron chi connectivity index (χ4n) is 2.05. The van der Waals surface area contributed by atoms with Crippen molar-refractivity contribution in [3.8, 4) is 17.3 Å². The average molecular weight is 269 g/mol. The van der Waals surface area contributed by atoms with Crippen LogP contribution in [0.1, 0.15) is 5.56 Å². The van der Waals surface area contributed by atoms with Gasteiger partial charge in [-0.3, -0.25) is 0 Å². The number of halogens is 1. The third kappa shape index (κ3) is 1.94. The van der Waals surface area contributed by atoms with Crippen LogP contribution in [0.25, 0.3) is 16.9 Å². The van der Waals surface area contributed by atoms with Crippen LogP contribution in [0.3, 0.4) is 0 Å². The van der Waals surface area contributed by atoms with Gasteiger partial charge in [-0.25, -0.2) is 9.50 Å². The standard InChI is InChI=1S/C14H9ClN4/c15-12-5-2-1-4-10(12)13-11(6-7-16)14-17-8-3-9-19(14)18-13/h1-5,8-9H,6H2. The van der Waals surface area contributed by atoms with E-state index < -0.39 is 0 Å². The summed E-state index contributed by atoms with van der Waals surface area (Å²) >= 11 is 6.21. The predicted octanol–water partition coefficient (Wildman–Crippen LogP) is 3.12. The molecule has 0 aliphatic heterocycles. The van der Waals surface area contributed by atoms with Crippen molar-refractivity contribution in [3.63, 3.8) is 0 Å². The Labute approximate surface area is 114 Å². The molecule has 0 radical (unpaired) electrons. The lowest BCUT2D eigenvalue weighted by Gasteiger charge is -2.01. The van der Waals surface area contributed by atoms with Crippen molar-refractivity contribution in [3.05, 3.63) is 53.3 Å². The molecule has 4 nitrogen and oxygen atoms in total. The molecule has 0 atom stereocenters. The Bertz CT molecular complexity index is 785. The van der Waals surface area contributed by atoms with E-state index in [1.165, 1.54) is 0 Å². The fraction of sp³-hybridized carbons (Fsp3) is 0.0714. The van der Waals surface area contributed by atoms with Crippen LogP contribution in [0, 0.1) is 11.3 Å². The summed E-state index contributed by atoms with van der Waals surface area (Å²) in [6, 6.07) is 11.4. The predicted molar refractivity (Wildman–Crippen MR) is 72.8 cm³/mol. The Hall–Kier alpha value is -2.38. The number of hydrogen-bond acceptors (Lipinski definition) is 3. The molecule has 0 N–H and O–H groups in total. The van der Waals surface area contributed by atoms with Crippen LogP contribution in [0.5, 0.6) is 0 Å². The van der Waals surface area contributed by atoms with Gasteiger partial charge in [0.05, 0.1) is 17.5 Å². The maximum atomic E-state index is 8.99. The number of fused-ring (bicyclic) bond motifs is 1. The normalized spacial score (nSPS) is 10.5. The Morgan fingerprint density at radius 2 is 2.11 bits per heavy atom. The first-order valence-corrected chi connectivity index (χ1v) is 6.13. The van der Waals surface area contributed by atoms with E-state index in [-0.39, 0.29) is 6.42 Å². The maximum absolute atomic E-state index is 8.99. The van der Waals surface area contributed by atoms with Gasteiger partial charge in [-0.05, 0) is 12.1 Å². The molecular weight excluding hydrogens is 260 g/mol. The highest BCUT2D eigenvalue weighted by atomic mass is 35.5. The Morgan fingerprint density at radius 1 is 1.26 bits per heavy atom. The summed E-state index contributed by atoms with van der Waals surface area (Å²) in [6.07, 6.45) is 3.75. The zero-order chi connectivity index (χ0) is 13.2. The molecule has 0 saturated carbocycles. The Balaban J connectivity index is 2.32. The van der Waals surface area contributed by atoms with Crippen LogP contribution in [0.2, 0.25) is 5.02 Å². The van der Waals surface area contributed by atoms with Crippen molar-refractivity contribution in [2.75, 3.05) is 0 Å². The zero-order valence-electron chi connectivity index (χ0n) is 9.92. The molecule has 0 spiro atoms. The van der Waals surface area contributed by atoms with Crippen LogP contribution in [-0.4, -0.2) is 14.6 Å². The van der Waals surface area contributed by atoms with Gasteiger partial charge in [0.15, 0.2) is 5.65 Å². The van der Waals surface area contributed by atoms with Crippen LogP contribution in [0.4, 0.5) is 0 Å². The molecule has 0 bridgehead atoms. The van der Waals surface area contributed by atoms with E-state index in [1.54, 1.807) is 16.8 Å². The van der Waals surface area contributed by atoms with Gasteiger partial charge in [-0.2, -0.15) is 10.4 Å². The zero-order valence-corrected chi connectivity index (χ0v) is 10.7. The molecule has 0 amide bonds. The Kier molecular flexibility index (Phi) is 2.90. The highest BCUT2D eigenvalue weighted by molar-refractivity contribution is 6.33. The first kappa shape index (κ1) is 11.7. The van der Waals surface area contributed by atoms with Gasteiger partial charge in [0.2, 0.25) is 0 Å². The smallest absolute Gasteiger partial charge is 0.159 e. The second-order valence-corrected chi connectivity index (χ2v) is 4.44. The summed E-state index contributed by atoms with van der Waals surface area (Å²) in [6.45, 7) is 0. The average Bonchev–Trinajstić information content (AvgIpc) is 2.79. The van der Waals surface area contributed by atoms with Crippen molar-refractivity contribution in [1.29, 1.82) is 5.26 Å². The molecule has 3 aromatic rings. The molecule has 0 aliphatic rings. The fourth-order valence-corrected chi connectivity index (χ4v) is 2.27. The lowest BCUT2D eigenvalue weighted by molar-refractivity contribution is 0.943. The van der Waals surface area contributed by atoms with E-state index in [4.69, 9.17) is 16.9 Å². The first-order valence-electron chi connectivity index (χ1n) is 5.75. The van der Waals surface area contributed by atoms with E-state index in [2.05, 4.69) is 16.2 Å². The third-order valence-corrected chi connectivity index (χ3v) is 3.21. The topological polar surface area (TPSA) is 54.0 Å². The summed E-state index contributed by atoms with van der Waals surface area (Å²) in [5.74, 6) is 0. The lowest BCUT2D eigenvalue weighted by atomic mass is 10.1. The molecule has 0 unspecified atom stereocenters. The summed E-state index contributed by atoms with van der Waals surface area (Å²) in [4.78, 5) is 4.28. The monoisotopic (exact) mass is 268 g/mol. The van der Waals surface area contributed by atoms with Gasteiger partial charge in [0.25, 0.3) is 0 Å². The molecule has 2 aromatic heterocycles. The minimum absolute atomic E-state index is 0.251. The molecule has 92 valence electrons. The van der Waals surface area contributed by atoms with Crippen molar-refractivity contribution in [2.45, 2.75) is 6.42 Å². The number of hydrogen-bond donors (Lipinski definition) is 0. The van der Waals surface area contributed by atoms with Gasteiger partial charge >= 0.3 is 0 Å². The quantitative estimate of drug-likeness (QED) is 0.717. The minimum Gasteiger partial charge on any atom is -0.237 e. The van der Waals surface area contributed by atoms with Crippen molar-refractivity contribution < 1.29 is 0 Å². The molecule has 3 rings (SSSR count). The number of aromatic nitrogens is 3. The van der Waals surface area contributed by atoms with Crippen LogP contribution in [0.15, 0.2) is 42.7 Å². The largest absolute Gasteiger partial charge is 0.237 e. The van der Waals surface area contributed by atoms with Crippen LogP contribution >= 0.6 is 11.6 Å². The SMILES string of the molecule is N#CCc1c(-c2ccccc2Cl)nn2cccnc12. The van der Waals surface area contributed by atoms with Crippen LogP contribution < -0.4 is 0 Å². The van der Waals surface area contributed by atoms with Crippen molar-refractivity contribution >= 4 is 17.2 Å². The first-order chi connectivity index (χ1) is 9.31. The number of nitriles is 1. The second-order valence-electron chi connectivity index (χ2n) is 4.03. The molecule has 0 fully saturated rings. The van der Waals surface area contributed by atoms with Gasteiger partial charge in [-0.15, -0.1) is 0 Å². The third-order valence-electron chi connectivity index (χ3n) is 2.88. The molecule has 0 aliphatic carbocycles. The molecule has 0 saturated heterocycles. The maximum Gasteiger partial charge on any atom is 0.159 e. The van der Waals surface area contributed by atoms with Gasteiger partial charge in [0.1, 0.15) is 5.69 Å². The highest BCUT2D eigenvalue weighted by Crippen LogP contribution is 2.30. The van der Waals surface area contributed by atoms with E-state index >= 15 is 0 Å². The highest BCUT2D eigenvalue weighted by Gasteiger charge is 2.16. The summed E-state index contributed by atoms with van der Waals surface area (Å²) in [5.41, 5.74) is 3.03. The number of benzene rings is 1. The second kappa shape index (κ2) is 4.71. The lowest BCUT2D eigenvalue weighted by Crippen LogP contribution is -1.88. The van der Waals surface area contributed by atoms with E-state index in [1.807, 2.05) is 30.5 Å². The van der Waals surface area contributed by atoms with Crippen LogP contribution in [-0.2, 0) is 6.42 Å². The van der Waals surface area contributed by atoms with Gasteiger partial charge in [-0.1, -0.05) is 29.8 Å².